The van der Waals surface area contributed by atoms with Gasteiger partial charge in [0.15, 0.2) is 11.5 Å². The van der Waals surface area contributed by atoms with Gasteiger partial charge in [-0.25, -0.2) is 13.1 Å². The van der Waals surface area contributed by atoms with E-state index in [2.05, 4.69) is 10.0 Å². The van der Waals surface area contributed by atoms with Gasteiger partial charge in [0.05, 0.1) is 10.6 Å². The van der Waals surface area contributed by atoms with Crippen molar-refractivity contribution in [3.63, 3.8) is 0 Å². The van der Waals surface area contributed by atoms with Crippen LogP contribution in [0.1, 0.15) is 6.42 Å². The van der Waals surface area contributed by atoms with Gasteiger partial charge in [0.1, 0.15) is 13.2 Å². The minimum atomic E-state index is -3.62. The maximum absolute atomic E-state index is 12.2. The fourth-order valence-electron chi connectivity index (χ4n) is 2.53. The van der Waals surface area contributed by atoms with E-state index < -0.39 is 10.0 Å². The van der Waals surface area contributed by atoms with Crippen LogP contribution in [0.5, 0.6) is 11.5 Å². The molecule has 0 atom stereocenters. The minimum absolute atomic E-state index is 0.00220. The smallest absolute Gasteiger partial charge is 0.240 e. The van der Waals surface area contributed by atoms with Gasteiger partial charge in [-0.15, -0.1) is 11.8 Å². The molecule has 27 heavy (non-hydrogen) atoms. The zero-order valence-electron chi connectivity index (χ0n) is 14.7. The predicted octanol–water partition coefficient (Wildman–Crippen LogP) is 2.49. The topological polar surface area (TPSA) is 93.7 Å². The number of fused-ring (bicyclic) bond motifs is 1. The molecule has 0 saturated carbocycles. The van der Waals surface area contributed by atoms with Crippen LogP contribution in [-0.2, 0) is 14.8 Å². The van der Waals surface area contributed by atoms with Gasteiger partial charge in [-0.1, -0.05) is 18.2 Å². The van der Waals surface area contributed by atoms with Crippen LogP contribution in [0.25, 0.3) is 0 Å². The summed E-state index contributed by atoms with van der Waals surface area (Å²) in [6.45, 7) is 0.955. The second-order valence-corrected chi connectivity index (χ2v) is 8.32. The number of ether oxygens (including phenoxy) is 2. The lowest BCUT2D eigenvalue weighted by Gasteiger charge is -2.21. The van der Waals surface area contributed by atoms with Gasteiger partial charge in [0.25, 0.3) is 0 Å². The normalized spacial score (nSPS) is 13.2. The summed E-state index contributed by atoms with van der Waals surface area (Å²) in [4.78, 5) is 13.3. The van der Waals surface area contributed by atoms with Crippen LogP contribution in [0, 0.1) is 0 Å². The highest BCUT2D eigenvalue weighted by atomic mass is 32.2. The lowest BCUT2D eigenvalue weighted by molar-refractivity contribution is -0.116. The van der Waals surface area contributed by atoms with Crippen LogP contribution >= 0.6 is 11.8 Å². The van der Waals surface area contributed by atoms with Crippen LogP contribution in [0.15, 0.2) is 52.3 Å². The van der Waals surface area contributed by atoms with Crippen molar-refractivity contribution < 1.29 is 22.7 Å². The molecule has 2 aromatic rings. The number of hydrogen-bond acceptors (Lipinski definition) is 6. The zero-order chi connectivity index (χ0) is 19.3. The average Bonchev–Trinajstić information content (AvgIpc) is 2.68. The van der Waals surface area contributed by atoms with Crippen molar-refractivity contribution in [3.05, 3.63) is 42.5 Å². The number of sulfonamides is 1. The summed E-state index contributed by atoms with van der Waals surface area (Å²) in [7, 11) is -3.62. The van der Waals surface area contributed by atoms with E-state index in [1.165, 1.54) is 23.9 Å². The maximum atomic E-state index is 12.2. The van der Waals surface area contributed by atoms with E-state index >= 15 is 0 Å². The molecule has 0 spiro atoms. The number of amides is 1. The third kappa shape index (κ3) is 4.94. The van der Waals surface area contributed by atoms with Gasteiger partial charge in [0.2, 0.25) is 15.9 Å². The van der Waals surface area contributed by atoms with E-state index in [-0.39, 0.29) is 23.8 Å². The molecule has 1 aliphatic heterocycles. The van der Waals surface area contributed by atoms with E-state index in [0.29, 0.717) is 30.4 Å². The predicted molar refractivity (Wildman–Crippen MR) is 104 cm³/mol. The molecule has 0 aromatic heterocycles. The summed E-state index contributed by atoms with van der Waals surface area (Å²) < 4.78 is 37.8. The largest absolute Gasteiger partial charge is 0.486 e. The molecular formula is C18H20N2O5S2. The lowest BCUT2D eigenvalue weighted by Crippen LogP contribution is -2.28. The van der Waals surface area contributed by atoms with E-state index in [0.717, 1.165) is 4.90 Å². The number of carbonyl (C=O) groups is 1. The number of hydrogen-bond donors (Lipinski definition) is 2. The number of rotatable bonds is 7. The standard InChI is InChI=1S/C18H20N2O5S2/c1-26-17-12-16-15(24-9-10-25-16)11-14(17)20-18(21)7-8-19-27(22,23)13-5-3-2-4-6-13/h2-6,11-12,19H,7-10H2,1H3,(H,20,21). The Balaban J connectivity index is 1.60. The minimum Gasteiger partial charge on any atom is -0.486 e. The Hall–Kier alpha value is -2.23. The molecule has 9 heteroatoms. The Morgan fingerprint density at radius 3 is 2.44 bits per heavy atom. The Labute approximate surface area is 162 Å². The molecular weight excluding hydrogens is 388 g/mol. The van der Waals surface area contributed by atoms with Crippen molar-refractivity contribution >= 4 is 33.4 Å². The van der Waals surface area contributed by atoms with Crippen molar-refractivity contribution in [3.8, 4) is 11.5 Å². The van der Waals surface area contributed by atoms with E-state index in [9.17, 15) is 13.2 Å². The molecule has 0 aliphatic carbocycles. The number of thioether (sulfide) groups is 1. The second-order valence-electron chi connectivity index (χ2n) is 5.71. The number of benzene rings is 2. The monoisotopic (exact) mass is 408 g/mol. The molecule has 144 valence electrons. The third-order valence-electron chi connectivity index (χ3n) is 3.84. The maximum Gasteiger partial charge on any atom is 0.240 e. The molecule has 0 saturated heterocycles. The van der Waals surface area contributed by atoms with Crippen molar-refractivity contribution in [1.29, 1.82) is 0 Å². The summed E-state index contributed by atoms with van der Waals surface area (Å²) in [5, 5.41) is 2.81. The van der Waals surface area contributed by atoms with Crippen LogP contribution in [0.2, 0.25) is 0 Å². The zero-order valence-corrected chi connectivity index (χ0v) is 16.4. The second kappa shape index (κ2) is 8.64. The Bertz CT molecular complexity index is 917. The highest BCUT2D eigenvalue weighted by Gasteiger charge is 2.18. The fourth-order valence-corrected chi connectivity index (χ4v) is 4.14. The van der Waals surface area contributed by atoms with Crippen molar-refractivity contribution in [2.75, 3.05) is 31.3 Å². The first kappa shape index (κ1) is 19.5. The number of anilines is 1. The first-order valence-corrected chi connectivity index (χ1v) is 11.0. The molecule has 2 aromatic carbocycles. The summed E-state index contributed by atoms with van der Waals surface area (Å²) >= 11 is 1.47. The molecule has 1 amide bonds. The fraction of sp³-hybridized carbons (Fsp3) is 0.278. The molecule has 7 nitrogen and oxygen atoms in total. The summed E-state index contributed by atoms with van der Waals surface area (Å²) in [6, 6.07) is 11.6. The van der Waals surface area contributed by atoms with Crippen LogP contribution in [0.3, 0.4) is 0 Å². The van der Waals surface area contributed by atoms with Gasteiger partial charge < -0.3 is 14.8 Å². The molecule has 0 fully saturated rings. The summed E-state index contributed by atoms with van der Waals surface area (Å²) in [6.07, 6.45) is 1.91. The first-order valence-electron chi connectivity index (χ1n) is 8.32. The highest BCUT2D eigenvalue weighted by Crippen LogP contribution is 2.39. The van der Waals surface area contributed by atoms with Crippen LogP contribution in [-0.4, -0.2) is 40.3 Å². The van der Waals surface area contributed by atoms with Crippen LogP contribution in [0.4, 0.5) is 5.69 Å². The quantitative estimate of drug-likeness (QED) is 0.684. The lowest BCUT2D eigenvalue weighted by atomic mass is 10.2. The molecule has 3 rings (SSSR count). The van der Waals surface area contributed by atoms with Crippen molar-refractivity contribution in [2.24, 2.45) is 0 Å². The van der Waals surface area contributed by atoms with Crippen LogP contribution < -0.4 is 19.5 Å². The summed E-state index contributed by atoms with van der Waals surface area (Å²) in [5.41, 5.74) is 0.614. The molecule has 1 heterocycles. The number of nitrogens with one attached hydrogen (secondary N) is 2. The van der Waals surface area contributed by atoms with Crippen molar-refractivity contribution in [1.82, 2.24) is 4.72 Å². The van der Waals surface area contributed by atoms with Gasteiger partial charge >= 0.3 is 0 Å². The van der Waals surface area contributed by atoms with Crippen molar-refractivity contribution in [2.45, 2.75) is 16.2 Å². The highest BCUT2D eigenvalue weighted by molar-refractivity contribution is 7.98. The van der Waals surface area contributed by atoms with E-state index in [4.69, 9.17) is 9.47 Å². The van der Waals surface area contributed by atoms with E-state index in [1.807, 2.05) is 12.3 Å². The molecule has 1 aliphatic rings. The molecule has 0 radical (unpaired) electrons. The number of carbonyl (C=O) groups excluding carboxylic acids is 1. The van der Waals surface area contributed by atoms with Gasteiger partial charge in [-0.3, -0.25) is 4.79 Å². The van der Waals surface area contributed by atoms with Gasteiger partial charge in [-0.2, -0.15) is 0 Å². The van der Waals surface area contributed by atoms with Gasteiger partial charge in [0, 0.05) is 23.9 Å². The molecule has 0 unspecified atom stereocenters. The van der Waals surface area contributed by atoms with E-state index in [1.54, 1.807) is 24.3 Å². The van der Waals surface area contributed by atoms with Gasteiger partial charge in [-0.05, 0) is 24.5 Å². The SMILES string of the molecule is CSc1cc2c(cc1NC(=O)CCNS(=O)(=O)c1ccccc1)OCCO2. The Morgan fingerprint density at radius 2 is 1.78 bits per heavy atom. The Morgan fingerprint density at radius 1 is 1.11 bits per heavy atom. The molecule has 2 N–H and O–H groups in total. The average molecular weight is 409 g/mol. The first-order chi connectivity index (χ1) is 13.0. The third-order valence-corrected chi connectivity index (χ3v) is 6.09. The Kier molecular flexibility index (Phi) is 6.25. The summed E-state index contributed by atoms with van der Waals surface area (Å²) in [5.74, 6) is 0.941. The molecule has 0 bridgehead atoms.